The molecule has 2 rings (SSSR count). The van der Waals surface area contributed by atoms with E-state index in [4.69, 9.17) is 15.5 Å². The van der Waals surface area contributed by atoms with Crippen LogP contribution in [0.2, 0.25) is 0 Å². The van der Waals surface area contributed by atoms with Crippen molar-refractivity contribution in [2.24, 2.45) is 5.73 Å². The number of methoxy groups -OCH3 is 1. The van der Waals surface area contributed by atoms with Crippen LogP contribution in [0.15, 0.2) is 24.3 Å². The van der Waals surface area contributed by atoms with E-state index in [9.17, 15) is 0 Å². The number of imidazole rings is 1. The number of nitrogens with two attached hydrogens (primary N) is 1. The molecule has 1 aromatic heterocycles. The molecule has 1 aromatic carbocycles. The van der Waals surface area contributed by atoms with Crippen molar-refractivity contribution in [3.63, 3.8) is 0 Å². The van der Waals surface area contributed by atoms with Gasteiger partial charge >= 0.3 is 0 Å². The summed E-state index contributed by atoms with van der Waals surface area (Å²) in [4.78, 5) is 4.88. The minimum Gasteiger partial charge on any atom is -0.383 e. The van der Waals surface area contributed by atoms with Gasteiger partial charge in [-0.15, -0.1) is 0 Å². The second-order valence-corrected chi connectivity index (χ2v) is 5.26. The van der Waals surface area contributed by atoms with E-state index in [2.05, 4.69) is 36.6 Å². The predicted octanol–water partition coefficient (Wildman–Crippen LogP) is 2.70. The third-order valence-corrected chi connectivity index (χ3v) is 4.39. The third kappa shape index (κ3) is 2.45. The summed E-state index contributed by atoms with van der Waals surface area (Å²) in [5, 5.41) is 0. The van der Waals surface area contributed by atoms with E-state index in [1.165, 1.54) is 5.52 Å². The molecule has 0 fully saturated rings. The molecule has 110 valence electrons. The van der Waals surface area contributed by atoms with Crippen molar-refractivity contribution >= 4 is 11.0 Å². The maximum atomic E-state index is 6.10. The molecule has 0 aliphatic carbocycles. The summed E-state index contributed by atoms with van der Waals surface area (Å²) in [7, 11) is 1.73. The largest absolute Gasteiger partial charge is 0.383 e. The number of ether oxygens (including phenoxy) is 1. The smallest absolute Gasteiger partial charge is 0.117 e. The fourth-order valence-corrected chi connectivity index (χ4v) is 2.84. The van der Waals surface area contributed by atoms with E-state index in [1.54, 1.807) is 7.11 Å². The molecule has 0 amide bonds. The number of hydrogen-bond donors (Lipinski definition) is 1. The lowest BCUT2D eigenvalue weighted by Gasteiger charge is -2.30. The first-order valence-electron chi connectivity index (χ1n) is 7.37. The molecule has 1 heterocycles. The van der Waals surface area contributed by atoms with Crippen molar-refractivity contribution in [2.45, 2.75) is 38.6 Å². The van der Waals surface area contributed by atoms with Crippen LogP contribution in [0, 0.1) is 0 Å². The monoisotopic (exact) mass is 275 g/mol. The molecule has 0 bridgehead atoms. The lowest BCUT2D eigenvalue weighted by Crippen LogP contribution is -2.37. The number of rotatable bonds is 7. The van der Waals surface area contributed by atoms with Crippen LogP contribution >= 0.6 is 0 Å². The van der Waals surface area contributed by atoms with Gasteiger partial charge in [-0.3, -0.25) is 0 Å². The molecular weight excluding hydrogens is 250 g/mol. The quantitative estimate of drug-likeness (QED) is 0.845. The third-order valence-electron chi connectivity index (χ3n) is 4.39. The zero-order valence-electron chi connectivity index (χ0n) is 12.7. The van der Waals surface area contributed by atoms with Gasteiger partial charge in [-0.25, -0.2) is 4.98 Å². The highest BCUT2D eigenvalue weighted by molar-refractivity contribution is 5.76. The zero-order valence-corrected chi connectivity index (χ0v) is 12.7. The van der Waals surface area contributed by atoms with Gasteiger partial charge in [0, 0.05) is 25.6 Å². The van der Waals surface area contributed by atoms with Crippen molar-refractivity contribution in [1.82, 2.24) is 9.55 Å². The van der Waals surface area contributed by atoms with Crippen LogP contribution in [0.5, 0.6) is 0 Å². The number of fused-ring (bicyclic) bond motifs is 1. The van der Waals surface area contributed by atoms with Crippen LogP contribution in [0.4, 0.5) is 0 Å². The highest BCUT2D eigenvalue weighted by Crippen LogP contribution is 2.32. The summed E-state index contributed by atoms with van der Waals surface area (Å²) >= 11 is 0. The molecule has 0 aliphatic rings. The molecule has 4 heteroatoms. The molecule has 0 spiro atoms. The maximum Gasteiger partial charge on any atom is 0.117 e. The number of benzene rings is 1. The first-order chi connectivity index (χ1) is 9.72. The Balaban J connectivity index is 2.61. The first kappa shape index (κ1) is 15.0. The standard InChI is InChI=1S/C16H25N3O/c1-4-16(5-2,12-17)15-18-13-8-6-7-9-14(13)19(15)10-11-20-3/h6-9H,4-5,10-12,17H2,1-3H3. The minimum absolute atomic E-state index is 0.0488. The fraction of sp³-hybridized carbons (Fsp3) is 0.562. The molecule has 2 aromatic rings. The fourth-order valence-electron chi connectivity index (χ4n) is 2.84. The van der Waals surface area contributed by atoms with Crippen molar-refractivity contribution in [3.05, 3.63) is 30.1 Å². The van der Waals surface area contributed by atoms with Gasteiger partial charge in [0.15, 0.2) is 0 Å². The molecule has 20 heavy (non-hydrogen) atoms. The summed E-state index contributed by atoms with van der Waals surface area (Å²) in [6, 6.07) is 8.27. The Labute approximate surface area is 120 Å². The van der Waals surface area contributed by atoms with Gasteiger partial charge < -0.3 is 15.0 Å². The van der Waals surface area contributed by atoms with Gasteiger partial charge in [0.05, 0.1) is 17.6 Å². The predicted molar refractivity (Wildman–Crippen MR) is 82.9 cm³/mol. The lowest BCUT2D eigenvalue weighted by atomic mass is 9.81. The average Bonchev–Trinajstić information content (AvgIpc) is 2.87. The molecular formula is C16H25N3O. The van der Waals surface area contributed by atoms with Crippen molar-refractivity contribution < 1.29 is 4.74 Å². The topological polar surface area (TPSA) is 53.1 Å². The number of para-hydroxylation sites is 2. The molecule has 0 radical (unpaired) electrons. The van der Waals surface area contributed by atoms with Crippen LogP contribution in [-0.2, 0) is 16.7 Å². The maximum absolute atomic E-state index is 6.10. The van der Waals surface area contributed by atoms with Crippen LogP contribution < -0.4 is 5.73 Å². The van der Waals surface area contributed by atoms with Gasteiger partial charge in [0.1, 0.15) is 5.82 Å². The summed E-state index contributed by atoms with van der Waals surface area (Å²) in [5.41, 5.74) is 8.25. The Bertz CT molecular complexity index is 550. The van der Waals surface area contributed by atoms with Gasteiger partial charge in [-0.1, -0.05) is 26.0 Å². The Morgan fingerprint density at radius 2 is 1.95 bits per heavy atom. The van der Waals surface area contributed by atoms with E-state index in [0.717, 1.165) is 30.7 Å². The highest BCUT2D eigenvalue weighted by Gasteiger charge is 2.32. The van der Waals surface area contributed by atoms with Crippen molar-refractivity contribution in [3.8, 4) is 0 Å². The van der Waals surface area contributed by atoms with E-state index in [0.29, 0.717) is 13.2 Å². The average molecular weight is 275 g/mol. The second kappa shape index (κ2) is 6.37. The Hall–Kier alpha value is -1.39. The molecule has 0 saturated heterocycles. The molecule has 0 saturated carbocycles. The van der Waals surface area contributed by atoms with Crippen LogP contribution in [-0.4, -0.2) is 29.8 Å². The lowest BCUT2D eigenvalue weighted by molar-refractivity contribution is 0.185. The zero-order chi connectivity index (χ0) is 14.6. The van der Waals surface area contributed by atoms with Gasteiger partial charge in [0.2, 0.25) is 0 Å². The number of nitrogens with zero attached hydrogens (tertiary/aromatic N) is 2. The van der Waals surface area contributed by atoms with Gasteiger partial charge in [-0.05, 0) is 25.0 Å². The second-order valence-electron chi connectivity index (χ2n) is 5.26. The normalized spacial score (nSPS) is 12.2. The van der Waals surface area contributed by atoms with Gasteiger partial charge in [-0.2, -0.15) is 0 Å². The van der Waals surface area contributed by atoms with Crippen molar-refractivity contribution in [1.29, 1.82) is 0 Å². The van der Waals surface area contributed by atoms with E-state index >= 15 is 0 Å². The van der Waals surface area contributed by atoms with Crippen LogP contribution in [0.3, 0.4) is 0 Å². The molecule has 2 N–H and O–H groups in total. The summed E-state index contributed by atoms with van der Waals surface area (Å²) in [6.07, 6.45) is 1.99. The molecule has 0 aliphatic heterocycles. The van der Waals surface area contributed by atoms with E-state index in [-0.39, 0.29) is 5.41 Å². The Morgan fingerprint density at radius 3 is 2.55 bits per heavy atom. The molecule has 0 unspecified atom stereocenters. The summed E-state index contributed by atoms with van der Waals surface area (Å²) < 4.78 is 7.53. The van der Waals surface area contributed by atoms with Gasteiger partial charge in [0.25, 0.3) is 0 Å². The minimum atomic E-state index is -0.0488. The first-order valence-corrected chi connectivity index (χ1v) is 7.37. The highest BCUT2D eigenvalue weighted by atomic mass is 16.5. The summed E-state index contributed by atoms with van der Waals surface area (Å²) in [6.45, 7) is 6.50. The number of aromatic nitrogens is 2. The number of hydrogen-bond acceptors (Lipinski definition) is 3. The molecule has 0 atom stereocenters. The molecule has 4 nitrogen and oxygen atoms in total. The Morgan fingerprint density at radius 1 is 1.25 bits per heavy atom. The van der Waals surface area contributed by atoms with E-state index in [1.807, 2.05) is 6.07 Å². The van der Waals surface area contributed by atoms with Crippen LogP contribution in [0.1, 0.15) is 32.5 Å². The van der Waals surface area contributed by atoms with Crippen LogP contribution in [0.25, 0.3) is 11.0 Å². The summed E-state index contributed by atoms with van der Waals surface area (Å²) in [5.74, 6) is 1.10. The SMILES string of the molecule is CCC(CC)(CN)c1nc2ccccc2n1CCOC. The van der Waals surface area contributed by atoms with E-state index < -0.39 is 0 Å². The Kier molecular flexibility index (Phi) is 4.78. The van der Waals surface area contributed by atoms with Crippen molar-refractivity contribution in [2.75, 3.05) is 20.3 Å².